The molecule has 5 N–H and O–H groups in total. The summed E-state index contributed by atoms with van der Waals surface area (Å²) >= 11 is 16.6. The smallest absolute Gasteiger partial charge is 0.339 e. The molecule has 2 saturated heterocycles. The summed E-state index contributed by atoms with van der Waals surface area (Å²) in [4.78, 5) is 79.0. The van der Waals surface area contributed by atoms with Crippen molar-refractivity contribution < 1.29 is 67.2 Å². The van der Waals surface area contributed by atoms with Crippen molar-refractivity contribution in [3.8, 4) is 17.6 Å². The molecule has 2 amide bonds. The lowest BCUT2D eigenvalue weighted by Gasteiger charge is -2.38. The Kier molecular flexibility index (Phi) is 35.6. The average Bonchev–Trinajstić information content (AvgIpc) is 1.60. The fourth-order valence-corrected chi connectivity index (χ4v) is 18.4. The summed E-state index contributed by atoms with van der Waals surface area (Å²) in [6.07, 6.45) is 14.9. The number of nitrogens with one attached hydrogen (secondary N) is 2. The second-order valence-electron chi connectivity index (χ2n) is 30.5. The number of aryl methyl sites for hydroxylation is 3. The van der Waals surface area contributed by atoms with Gasteiger partial charge in [-0.2, -0.15) is 5.26 Å². The monoisotopic (exact) mass is 1660 g/mol. The molecule has 4 aliphatic rings. The Hall–Kier alpha value is -7.09. The first-order valence-corrected chi connectivity index (χ1v) is 43.0. The summed E-state index contributed by atoms with van der Waals surface area (Å²) < 4.78 is 34.3. The zero-order valence-electron chi connectivity index (χ0n) is 66.3. The molecule has 19 nitrogen and oxygen atoms in total. The molecule has 3 atom stereocenters. The number of fused-ring (bicyclic) bond motifs is 1. The lowest BCUT2D eigenvalue weighted by molar-refractivity contribution is -0.160. The molecule has 111 heavy (non-hydrogen) atoms. The van der Waals surface area contributed by atoms with E-state index in [0.29, 0.717) is 76.9 Å². The van der Waals surface area contributed by atoms with Crippen LogP contribution in [0.1, 0.15) is 213 Å². The summed E-state index contributed by atoms with van der Waals surface area (Å²) in [5.41, 5.74) is 7.21. The number of benzene rings is 6. The summed E-state index contributed by atoms with van der Waals surface area (Å²) in [5.74, 6) is -0.122. The maximum Gasteiger partial charge on any atom is 0.339 e. The number of phenolic OH excluding ortho intramolecular Hbond substituents is 1. The summed E-state index contributed by atoms with van der Waals surface area (Å²) in [5, 5.41) is 46.2. The van der Waals surface area contributed by atoms with Crippen LogP contribution in [0.2, 0.25) is 10.0 Å². The van der Waals surface area contributed by atoms with Gasteiger partial charge in [0.15, 0.2) is 10.7 Å². The maximum atomic E-state index is 13.5. The fraction of sp³-hybridized carbons (Fsp3) is 0.506. The molecule has 1 unspecified atom stereocenters. The number of unbranched alkanes of at least 4 members (excludes halogenated alkanes) is 3. The van der Waals surface area contributed by atoms with Gasteiger partial charge in [0.05, 0.1) is 56.7 Å². The molecule has 3 fully saturated rings. The molecular weight excluding hydrogens is 1550 g/mol. The number of ether oxygens (including phenoxy) is 2. The van der Waals surface area contributed by atoms with Crippen LogP contribution in [0.25, 0.3) is 0 Å². The number of carboxylic acid groups (broad SMARTS) is 1. The number of carboxylic acids is 1. The minimum Gasteiger partial charge on any atom is -0.507 e. The maximum absolute atomic E-state index is 13.5. The van der Waals surface area contributed by atoms with Gasteiger partial charge < -0.3 is 49.4 Å². The first-order chi connectivity index (χ1) is 52.8. The van der Waals surface area contributed by atoms with E-state index < -0.39 is 37.7 Å². The van der Waals surface area contributed by atoms with Gasteiger partial charge in [0.25, 0.3) is 5.91 Å². The summed E-state index contributed by atoms with van der Waals surface area (Å²) in [6, 6.07) is 37.2. The van der Waals surface area contributed by atoms with E-state index in [9.17, 15) is 48.8 Å². The molecule has 24 heteroatoms. The first kappa shape index (κ1) is 91.1. The van der Waals surface area contributed by atoms with E-state index in [2.05, 4.69) is 83.1 Å². The molecule has 0 aromatic heterocycles. The fourth-order valence-electron chi connectivity index (χ4n) is 15.0. The van der Waals surface area contributed by atoms with Gasteiger partial charge in [-0.3, -0.25) is 33.4 Å². The Morgan fingerprint density at radius 3 is 2.13 bits per heavy atom. The van der Waals surface area contributed by atoms with Gasteiger partial charge in [-0.1, -0.05) is 186 Å². The van der Waals surface area contributed by atoms with Crippen molar-refractivity contribution in [1.82, 2.24) is 10.2 Å². The Labute approximate surface area is 679 Å². The van der Waals surface area contributed by atoms with Crippen molar-refractivity contribution in [1.29, 1.82) is 5.26 Å². The van der Waals surface area contributed by atoms with Crippen LogP contribution in [0.4, 0.5) is 11.4 Å². The number of Topliss-reactive ketones (excluding diaryl/α,β-unsaturated/α-hetero) is 1. The molecule has 0 radical (unpaired) electrons. The highest BCUT2D eigenvalue weighted by Gasteiger charge is 2.49. The SMILES string of the molecule is CCC(CC)CC1(C(=O)Cc2ccccc2SC(=O)C(C)C)CCCCC1.CCOP(=O)(Cc1ccc(C(=O)Nc2ccc(Br)cc2C#N)cc1)OCC.COc1cccc(N2CCN(CC(=O)NC3c4c(O)c(C)cc(C)c4CC3(C)C)CC2)c1.O=C(O)C[C@]1(O)C[C@H](CCCCCCc2ccc(Cl)cc2Cl)OC1=O. The zero-order chi connectivity index (χ0) is 81.2. The van der Waals surface area contributed by atoms with Gasteiger partial charge in [0.2, 0.25) is 5.91 Å². The Morgan fingerprint density at radius 1 is 0.820 bits per heavy atom. The summed E-state index contributed by atoms with van der Waals surface area (Å²) in [6.45, 7) is 24.6. The van der Waals surface area contributed by atoms with Crippen LogP contribution < -0.4 is 20.3 Å². The van der Waals surface area contributed by atoms with Gasteiger partial charge >= 0.3 is 19.5 Å². The second-order valence-corrected chi connectivity index (χ2v) is 35.3. The van der Waals surface area contributed by atoms with E-state index in [0.717, 1.165) is 145 Å². The normalized spacial score (nSPS) is 17.7. The minimum absolute atomic E-state index is 0.00156. The van der Waals surface area contributed by atoms with Gasteiger partial charge in [0, 0.05) is 92.6 Å². The number of hydrogen-bond donors (Lipinski definition) is 5. The molecule has 2 aliphatic heterocycles. The van der Waals surface area contributed by atoms with Crippen LogP contribution in [-0.4, -0.2) is 120 Å². The molecular formula is C87H113BrCl2N5O14PS. The zero-order valence-corrected chi connectivity index (χ0v) is 71.1. The van der Waals surface area contributed by atoms with E-state index >= 15 is 0 Å². The molecule has 6 aromatic rings. The molecule has 10 rings (SSSR count). The number of nitrogens with zero attached hydrogens (tertiary/aromatic N) is 3. The number of amides is 2. The van der Waals surface area contributed by atoms with Crippen molar-refractivity contribution in [2.75, 3.05) is 63.3 Å². The van der Waals surface area contributed by atoms with Gasteiger partial charge in [-0.25, -0.2) is 4.79 Å². The van der Waals surface area contributed by atoms with Crippen molar-refractivity contribution >= 4 is 105 Å². The topological polar surface area (TPSA) is 271 Å². The van der Waals surface area contributed by atoms with Crippen LogP contribution in [0, 0.1) is 47.8 Å². The number of ketones is 1. The molecule has 1 saturated carbocycles. The lowest BCUT2D eigenvalue weighted by Crippen LogP contribution is -2.50. The highest BCUT2D eigenvalue weighted by atomic mass is 79.9. The third kappa shape index (κ3) is 26.8. The van der Waals surface area contributed by atoms with Crippen molar-refractivity contribution in [3.63, 3.8) is 0 Å². The number of carbonyl (C=O) groups is 6. The van der Waals surface area contributed by atoms with Crippen molar-refractivity contribution in [2.24, 2.45) is 22.7 Å². The van der Waals surface area contributed by atoms with Crippen LogP contribution in [0.15, 0.2) is 125 Å². The predicted octanol–water partition coefficient (Wildman–Crippen LogP) is 19.8. The number of hydrogen-bond acceptors (Lipinski definition) is 17. The van der Waals surface area contributed by atoms with Gasteiger partial charge in [-0.05, 0) is 184 Å². The van der Waals surface area contributed by atoms with Crippen LogP contribution in [-0.2, 0) is 67.7 Å². The third-order valence-electron chi connectivity index (χ3n) is 21.3. The van der Waals surface area contributed by atoms with Crippen LogP contribution in [0.3, 0.4) is 0 Å². The number of phenols is 1. The number of methoxy groups -OCH3 is 1. The highest BCUT2D eigenvalue weighted by molar-refractivity contribution is 9.10. The number of thioether (sulfide) groups is 1. The van der Waals surface area contributed by atoms with E-state index in [4.69, 9.17) is 46.8 Å². The number of halogens is 3. The summed E-state index contributed by atoms with van der Waals surface area (Å²) in [7, 11) is -1.51. The van der Waals surface area contributed by atoms with E-state index in [1.165, 1.54) is 42.2 Å². The molecule has 2 aliphatic carbocycles. The van der Waals surface area contributed by atoms with Crippen LogP contribution in [0.5, 0.6) is 11.5 Å². The van der Waals surface area contributed by atoms with E-state index in [1.54, 1.807) is 69.5 Å². The molecule has 0 bridgehead atoms. The Morgan fingerprint density at radius 2 is 1.50 bits per heavy atom. The molecule has 602 valence electrons. The number of cyclic esters (lactones) is 1. The minimum atomic E-state index is -3.19. The number of anilines is 2. The molecule has 6 aromatic carbocycles. The number of aromatic hydroxyl groups is 1. The first-order valence-electron chi connectivity index (χ1n) is 38.9. The van der Waals surface area contributed by atoms with Crippen molar-refractivity contribution in [2.45, 2.75) is 214 Å². The number of rotatable bonds is 31. The number of aliphatic carboxylic acids is 1. The van der Waals surface area contributed by atoms with E-state index in [-0.39, 0.29) is 52.3 Å². The van der Waals surface area contributed by atoms with E-state index in [1.807, 2.05) is 81.4 Å². The standard InChI is InChI=1S/C26H35N3O3.C24H36O2S.C19H20BrN2O4P.C18H22Cl2O5/c1-17-13-18(2)24(31)23-21(17)15-26(3,4)25(23)27-22(30)16-28-9-11-29(12-10-28)19-7-6-8-20(14-19)32-5;1-5-19(6-2)17-24(14-10-7-11-15-24)22(25)16-20-12-8-9-13-21(20)27-23(26)18(3)4;1-3-25-27(24,26-4-2)13-14-5-7-15(8-6-14)19(23)22-18-10-9-17(20)11-16(18)12-21;19-13-8-7-12(15(20)9-13)5-3-1-2-4-6-14-10-18(24,11-16(21)22)17(23)25-14/h6-8,13-14,25,31H,9-12,15-16H2,1-5H3,(H,27,30);8-9,12-13,18-19H,5-7,10-11,14-17H2,1-4H3;5-11H,3-4,13H2,1-2H3,(H,22,23);7-9,14,24H,1-6,10-11H2,(H,21,22)/t;;;14-,18+/m...0/s1. The number of aliphatic hydroxyl groups is 1. The predicted molar refractivity (Wildman–Crippen MR) is 445 cm³/mol. The average molecular weight is 1670 g/mol. The quantitative estimate of drug-likeness (QED) is 0.0117. The number of nitriles is 1. The Balaban J connectivity index is 0.000000207. The Bertz CT molecular complexity index is 4220. The third-order valence-corrected chi connectivity index (χ3v) is 25.7. The second kappa shape index (κ2) is 43.4. The number of esters is 1. The van der Waals surface area contributed by atoms with Crippen LogP contribution >= 0.6 is 58.5 Å². The number of carbonyl (C=O) groups excluding carboxylic acids is 5. The highest BCUT2D eigenvalue weighted by Crippen LogP contribution is 2.53. The van der Waals surface area contributed by atoms with Gasteiger partial charge in [-0.15, -0.1) is 0 Å². The molecule has 2 heterocycles. The largest absolute Gasteiger partial charge is 0.507 e. The molecule has 0 spiro atoms. The lowest BCUT2D eigenvalue weighted by atomic mass is 9.65. The van der Waals surface area contributed by atoms with Gasteiger partial charge in [0.1, 0.15) is 29.5 Å². The van der Waals surface area contributed by atoms with Crippen molar-refractivity contribution in [3.05, 3.63) is 180 Å². The number of piperazine rings is 1.